The monoisotopic (exact) mass is 486 g/mol. The Bertz CT molecular complexity index is 1020. The zero-order valence-corrected chi connectivity index (χ0v) is 21.8. The highest BCUT2D eigenvalue weighted by atomic mass is 16.7. The summed E-state index contributed by atoms with van der Waals surface area (Å²) < 4.78 is 10.7. The van der Waals surface area contributed by atoms with Gasteiger partial charge < -0.3 is 19.1 Å². The van der Waals surface area contributed by atoms with Crippen LogP contribution in [0.4, 0.5) is 0 Å². The average Bonchev–Trinajstić information content (AvgIpc) is 3.32. The zero-order valence-electron chi connectivity index (χ0n) is 21.8. The number of oxime groups is 2. The van der Waals surface area contributed by atoms with Gasteiger partial charge in [-0.3, -0.25) is 4.79 Å². The van der Waals surface area contributed by atoms with Crippen LogP contribution in [0.5, 0.6) is 0 Å². The van der Waals surface area contributed by atoms with Gasteiger partial charge in [0.25, 0.3) is 0 Å². The topological polar surface area (TPSA) is 95.8 Å². The van der Waals surface area contributed by atoms with Gasteiger partial charge in [-0.25, -0.2) is 4.79 Å². The molecule has 5 rings (SSSR count). The molecule has 5 aliphatic rings. The van der Waals surface area contributed by atoms with Gasteiger partial charge in [0.2, 0.25) is 0 Å². The molecule has 0 bridgehead atoms. The quantitative estimate of drug-likeness (QED) is 0.253. The van der Waals surface area contributed by atoms with Crippen molar-refractivity contribution >= 4 is 23.4 Å². The Balaban J connectivity index is 1.51. The first kappa shape index (κ1) is 24.3. The first-order valence-electron chi connectivity index (χ1n) is 12.9. The molecule has 35 heavy (non-hydrogen) atoms. The first-order valence-corrected chi connectivity index (χ1v) is 12.9. The molecule has 8 atom stereocenters. The van der Waals surface area contributed by atoms with Crippen molar-refractivity contribution in [1.82, 2.24) is 0 Å². The number of carbonyl (C=O) groups is 2. The number of hydrogen-bond donors (Lipinski definition) is 0. The molecule has 0 radical (unpaired) electrons. The number of allylic oxidation sites excluding steroid dienone is 1. The smallest absolute Gasteiger partial charge is 0.356 e. The molecule has 192 valence electrons. The minimum Gasteiger partial charge on any atom is -0.464 e. The molecule has 0 N–H and O–H groups in total. The van der Waals surface area contributed by atoms with Crippen molar-refractivity contribution in [3.05, 3.63) is 11.6 Å². The summed E-state index contributed by atoms with van der Waals surface area (Å²) in [5.74, 6) is 0.550. The molecule has 0 spiro atoms. The highest BCUT2D eigenvalue weighted by Gasteiger charge is 2.74. The molecular weight excluding hydrogens is 448 g/mol. The van der Waals surface area contributed by atoms with Gasteiger partial charge in [0.1, 0.15) is 18.9 Å². The van der Waals surface area contributed by atoms with Crippen LogP contribution >= 0.6 is 0 Å². The third kappa shape index (κ3) is 3.23. The number of rotatable bonds is 4. The SMILES string of the molecule is CO/N=C(/C)[C@]12ON=C(C(=O)OC)[C@H]1C[C@H]1[C@@H]3CC=C4C[C@@H](OC(C)=O)CC[C@]4(C)[C@H]3CC[C@@]12C. The van der Waals surface area contributed by atoms with Gasteiger partial charge in [-0.1, -0.05) is 35.8 Å². The van der Waals surface area contributed by atoms with Crippen molar-refractivity contribution < 1.29 is 28.7 Å². The summed E-state index contributed by atoms with van der Waals surface area (Å²) in [5, 5.41) is 8.59. The molecule has 1 aliphatic heterocycles. The lowest BCUT2D eigenvalue weighted by molar-refractivity contribution is -0.149. The molecule has 8 heteroatoms. The molecule has 3 fully saturated rings. The standard InChI is InChI=1S/C27H38N2O6/c1-15(28-33-6)27-22(23(29-35-27)24(31)32-5)14-21-19-8-7-17-13-18(34-16(2)30)9-11-25(17,3)20(19)10-12-26(21,27)4/h7,18-22H,8-14H2,1-6H3/b28-15-/t18-,19+,20-,21-,22+,25-,26-,27-/m0/s1. The summed E-state index contributed by atoms with van der Waals surface area (Å²) in [4.78, 5) is 35.7. The van der Waals surface area contributed by atoms with E-state index < -0.39 is 11.6 Å². The van der Waals surface area contributed by atoms with Crippen molar-refractivity contribution in [2.45, 2.75) is 84.3 Å². The predicted molar refractivity (Wildman–Crippen MR) is 130 cm³/mol. The lowest BCUT2D eigenvalue weighted by Gasteiger charge is -2.58. The fraction of sp³-hybridized carbons (Fsp3) is 0.778. The minimum absolute atomic E-state index is 0.00790. The van der Waals surface area contributed by atoms with E-state index in [1.54, 1.807) is 0 Å². The summed E-state index contributed by atoms with van der Waals surface area (Å²) >= 11 is 0. The van der Waals surface area contributed by atoms with E-state index in [1.807, 2.05) is 6.92 Å². The lowest BCUT2D eigenvalue weighted by atomic mass is 9.46. The third-order valence-electron chi connectivity index (χ3n) is 10.4. The van der Waals surface area contributed by atoms with E-state index in [9.17, 15) is 9.59 Å². The van der Waals surface area contributed by atoms with Gasteiger partial charge in [0.05, 0.1) is 13.0 Å². The number of hydrogen-bond acceptors (Lipinski definition) is 8. The summed E-state index contributed by atoms with van der Waals surface area (Å²) in [6, 6.07) is 0. The lowest BCUT2D eigenvalue weighted by Crippen LogP contribution is -2.59. The Kier molecular flexibility index (Phi) is 5.80. The maximum Gasteiger partial charge on any atom is 0.356 e. The fourth-order valence-electron chi connectivity index (χ4n) is 8.87. The molecular formula is C27H38N2O6. The van der Waals surface area contributed by atoms with Crippen molar-refractivity contribution in [2.75, 3.05) is 14.2 Å². The Morgan fingerprint density at radius 2 is 1.91 bits per heavy atom. The Morgan fingerprint density at radius 3 is 2.60 bits per heavy atom. The molecule has 0 unspecified atom stereocenters. The van der Waals surface area contributed by atoms with Gasteiger partial charge in [0.15, 0.2) is 11.3 Å². The summed E-state index contributed by atoms with van der Waals surface area (Å²) in [7, 11) is 2.93. The molecule has 1 heterocycles. The summed E-state index contributed by atoms with van der Waals surface area (Å²) in [5.41, 5.74) is 1.63. The van der Waals surface area contributed by atoms with Crippen molar-refractivity contribution in [3.8, 4) is 0 Å². The first-order chi connectivity index (χ1) is 16.6. The summed E-state index contributed by atoms with van der Waals surface area (Å²) in [6.07, 6.45) is 9.06. The second-order valence-electron chi connectivity index (χ2n) is 11.6. The molecule has 0 aromatic rings. The zero-order chi connectivity index (χ0) is 25.2. The molecule has 0 aromatic carbocycles. The van der Waals surface area contributed by atoms with Crippen LogP contribution in [0.15, 0.2) is 22.0 Å². The number of methoxy groups -OCH3 is 1. The molecule has 0 aromatic heterocycles. The van der Waals surface area contributed by atoms with Crippen LogP contribution in [0.25, 0.3) is 0 Å². The number of esters is 2. The molecule has 8 nitrogen and oxygen atoms in total. The third-order valence-corrected chi connectivity index (χ3v) is 10.4. The van der Waals surface area contributed by atoms with Gasteiger partial charge in [-0.05, 0) is 68.6 Å². The Labute approximate surface area is 207 Å². The van der Waals surface area contributed by atoms with Crippen molar-refractivity contribution in [1.29, 1.82) is 0 Å². The summed E-state index contributed by atoms with van der Waals surface area (Å²) in [6.45, 7) is 8.15. The van der Waals surface area contributed by atoms with Crippen LogP contribution in [0, 0.1) is 34.5 Å². The maximum absolute atomic E-state index is 12.7. The van der Waals surface area contributed by atoms with Crippen LogP contribution in [0.3, 0.4) is 0 Å². The van der Waals surface area contributed by atoms with Crippen LogP contribution in [0.2, 0.25) is 0 Å². The minimum atomic E-state index is -0.806. The molecule has 4 aliphatic carbocycles. The van der Waals surface area contributed by atoms with E-state index in [-0.39, 0.29) is 28.8 Å². The molecule has 3 saturated carbocycles. The van der Waals surface area contributed by atoms with E-state index >= 15 is 0 Å². The second-order valence-corrected chi connectivity index (χ2v) is 11.6. The number of ether oxygens (including phenoxy) is 2. The van der Waals surface area contributed by atoms with Crippen LogP contribution in [-0.4, -0.2) is 49.3 Å². The van der Waals surface area contributed by atoms with E-state index in [2.05, 4.69) is 30.2 Å². The molecule has 0 saturated heterocycles. The van der Waals surface area contributed by atoms with Gasteiger partial charge >= 0.3 is 11.9 Å². The highest BCUT2D eigenvalue weighted by molar-refractivity contribution is 6.38. The Hall–Kier alpha value is -2.38. The maximum atomic E-state index is 12.7. The average molecular weight is 487 g/mol. The molecule has 0 amide bonds. The van der Waals surface area contributed by atoms with Gasteiger partial charge in [0, 0.05) is 18.8 Å². The second kappa shape index (κ2) is 8.34. The van der Waals surface area contributed by atoms with Gasteiger partial charge in [-0.2, -0.15) is 0 Å². The van der Waals surface area contributed by atoms with E-state index in [0.717, 1.165) is 50.7 Å². The van der Waals surface area contributed by atoms with E-state index in [0.29, 0.717) is 23.5 Å². The van der Waals surface area contributed by atoms with E-state index in [1.165, 1.54) is 26.7 Å². The number of nitrogens with zero attached hydrogens (tertiary/aromatic N) is 2. The normalized spacial score (nSPS) is 43.9. The van der Waals surface area contributed by atoms with E-state index in [4.69, 9.17) is 19.1 Å². The van der Waals surface area contributed by atoms with Crippen molar-refractivity contribution in [3.63, 3.8) is 0 Å². The fourth-order valence-corrected chi connectivity index (χ4v) is 8.87. The highest BCUT2D eigenvalue weighted by Crippen LogP contribution is 2.70. The Morgan fingerprint density at radius 1 is 1.14 bits per heavy atom. The predicted octanol–water partition coefficient (Wildman–Crippen LogP) is 4.43. The number of carbonyl (C=O) groups excluding carboxylic acids is 2. The van der Waals surface area contributed by atoms with Crippen molar-refractivity contribution in [2.24, 2.45) is 44.8 Å². The largest absolute Gasteiger partial charge is 0.464 e. The van der Waals surface area contributed by atoms with Gasteiger partial charge in [-0.15, -0.1) is 0 Å². The van der Waals surface area contributed by atoms with Crippen LogP contribution < -0.4 is 0 Å². The van der Waals surface area contributed by atoms with Crippen LogP contribution in [-0.2, 0) is 28.7 Å². The number of fused-ring (bicyclic) bond motifs is 7. The van der Waals surface area contributed by atoms with Crippen LogP contribution in [0.1, 0.15) is 72.6 Å².